The number of carbonyl (C=O) groups excluding carboxylic acids is 2. The molecule has 2 rings (SSSR count). The topological polar surface area (TPSA) is 69.6 Å². The Morgan fingerprint density at radius 3 is 2.70 bits per heavy atom. The lowest BCUT2D eigenvalue weighted by Crippen LogP contribution is -2.63. The number of hydrogen-bond donors (Lipinski definition) is 2. The van der Waals surface area contributed by atoms with Crippen LogP contribution >= 0.6 is 11.8 Å². The number of rotatable bonds is 5. The average molecular weight is 298 g/mol. The van der Waals surface area contributed by atoms with E-state index in [4.69, 9.17) is 0 Å². The van der Waals surface area contributed by atoms with Crippen LogP contribution in [0.4, 0.5) is 0 Å². The zero-order valence-electron chi connectivity index (χ0n) is 12.4. The summed E-state index contributed by atoms with van der Waals surface area (Å²) in [7, 11) is 0. The van der Waals surface area contributed by atoms with E-state index < -0.39 is 5.60 Å². The minimum Gasteiger partial charge on any atom is -0.390 e. The van der Waals surface area contributed by atoms with E-state index in [1.54, 1.807) is 30.5 Å². The Kier molecular flexibility index (Phi) is 4.16. The molecule has 2 amide bonds. The number of amides is 2. The lowest BCUT2D eigenvalue weighted by molar-refractivity contribution is -0.160. The van der Waals surface area contributed by atoms with Crippen molar-refractivity contribution in [2.24, 2.45) is 5.92 Å². The third-order valence-corrected chi connectivity index (χ3v) is 5.30. The van der Waals surface area contributed by atoms with Crippen molar-refractivity contribution in [3.05, 3.63) is 10.6 Å². The molecule has 112 valence electrons. The molecule has 2 N–H and O–H groups in total. The monoisotopic (exact) mass is 298 g/mol. The zero-order valence-corrected chi connectivity index (χ0v) is 13.2. The smallest absolute Gasteiger partial charge is 0.236 e. The lowest BCUT2D eigenvalue weighted by Gasteiger charge is -2.47. The average Bonchev–Trinajstić information content (AvgIpc) is 2.54. The second kappa shape index (κ2) is 5.41. The fraction of sp³-hybridized carbons (Fsp3) is 0.714. The molecule has 6 heteroatoms. The SMILES string of the molecule is CC(=O)NCCCC1=C(C)N2C(=O)C(C(C)(C)O)[C@H]2S1. The molecule has 2 aliphatic heterocycles. The van der Waals surface area contributed by atoms with E-state index in [9.17, 15) is 14.7 Å². The van der Waals surface area contributed by atoms with Crippen molar-refractivity contribution in [3.63, 3.8) is 0 Å². The van der Waals surface area contributed by atoms with Crippen molar-refractivity contribution < 1.29 is 14.7 Å². The number of β-lactam (4-membered cyclic amide) rings is 1. The second-order valence-corrected chi connectivity index (χ2v) is 7.15. The first kappa shape index (κ1) is 15.4. The lowest BCUT2D eigenvalue weighted by atomic mass is 9.83. The summed E-state index contributed by atoms with van der Waals surface area (Å²) in [5, 5.41) is 12.9. The molecule has 0 aromatic heterocycles. The van der Waals surface area contributed by atoms with E-state index in [1.165, 1.54) is 11.8 Å². The molecular formula is C14H22N2O3S. The van der Waals surface area contributed by atoms with E-state index in [0.29, 0.717) is 6.54 Å². The maximum absolute atomic E-state index is 12.1. The molecule has 0 aromatic rings. The number of nitrogens with zero attached hydrogens (tertiary/aromatic N) is 1. The Labute approximate surface area is 123 Å². The van der Waals surface area contributed by atoms with Crippen LogP contribution in [-0.4, -0.2) is 39.3 Å². The van der Waals surface area contributed by atoms with Crippen LogP contribution in [0.5, 0.6) is 0 Å². The van der Waals surface area contributed by atoms with Gasteiger partial charge in [-0.15, -0.1) is 11.8 Å². The zero-order chi connectivity index (χ0) is 15.1. The molecule has 5 nitrogen and oxygen atoms in total. The number of aliphatic hydroxyl groups is 1. The maximum Gasteiger partial charge on any atom is 0.236 e. The summed E-state index contributed by atoms with van der Waals surface area (Å²) in [6, 6.07) is 0. The van der Waals surface area contributed by atoms with Crippen molar-refractivity contribution in [1.29, 1.82) is 0 Å². The molecule has 2 atom stereocenters. The van der Waals surface area contributed by atoms with E-state index >= 15 is 0 Å². The van der Waals surface area contributed by atoms with Gasteiger partial charge in [-0.05, 0) is 33.6 Å². The summed E-state index contributed by atoms with van der Waals surface area (Å²) in [6.45, 7) is 7.50. The van der Waals surface area contributed by atoms with Crippen molar-refractivity contribution in [2.75, 3.05) is 6.54 Å². The summed E-state index contributed by atoms with van der Waals surface area (Å²) in [5.74, 6) is -0.324. The molecule has 0 aromatic carbocycles. The van der Waals surface area contributed by atoms with Gasteiger partial charge in [0, 0.05) is 24.1 Å². The van der Waals surface area contributed by atoms with E-state index in [2.05, 4.69) is 5.32 Å². The fourth-order valence-corrected chi connectivity index (χ4v) is 4.49. The molecule has 2 aliphatic rings. The van der Waals surface area contributed by atoms with Gasteiger partial charge in [-0.2, -0.15) is 0 Å². The molecule has 1 saturated heterocycles. The Hall–Kier alpha value is -1.01. The van der Waals surface area contributed by atoms with Gasteiger partial charge in [0.05, 0.1) is 11.5 Å². The first-order valence-corrected chi connectivity index (χ1v) is 7.77. The number of fused-ring (bicyclic) bond motifs is 1. The van der Waals surface area contributed by atoms with Crippen LogP contribution in [-0.2, 0) is 9.59 Å². The van der Waals surface area contributed by atoms with Gasteiger partial charge in [-0.1, -0.05) is 0 Å². The highest BCUT2D eigenvalue weighted by Crippen LogP contribution is 2.52. The van der Waals surface area contributed by atoms with E-state index in [-0.39, 0.29) is 23.1 Å². The summed E-state index contributed by atoms with van der Waals surface area (Å²) in [6.07, 6.45) is 1.72. The normalized spacial score (nSPS) is 25.6. The minimum absolute atomic E-state index is 0.0177. The summed E-state index contributed by atoms with van der Waals surface area (Å²) in [4.78, 5) is 25.9. The van der Waals surface area contributed by atoms with Gasteiger partial charge >= 0.3 is 0 Å². The first-order chi connectivity index (χ1) is 9.23. The summed E-state index contributed by atoms with van der Waals surface area (Å²) < 4.78 is 0. The predicted molar refractivity (Wildman–Crippen MR) is 78.6 cm³/mol. The number of nitrogens with one attached hydrogen (secondary N) is 1. The molecule has 20 heavy (non-hydrogen) atoms. The highest BCUT2D eigenvalue weighted by molar-refractivity contribution is 8.04. The first-order valence-electron chi connectivity index (χ1n) is 6.89. The third kappa shape index (κ3) is 2.72. The van der Waals surface area contributed by atoms with E-state index in [0.717, 1.165) is 18.5 Å². The van der Waals surface area contributed by atoms with Gasteiger partial charge < -0.3 is 15.3 Å². The minimum atomic E-state index is -0.975. The fourth-order valence-electron chi connectivity index (χ4n) is 2.71. The van der Waals surface area contributed by atoms with Gasteiger partial charge in [0.25, 0.3) is 0 Å². The van der Waals surface area contributed by atoms with Gasteiger partial charge in [-0.25, -0.2) is 0 Å². The highest BCUT2D eigenvalue weighted by atomic mass is 32.2. The maximum atomic E-state index is 12.1. The van der Waals surface area contributed by atoms with Crippen LogP contribution in [0.1, 0.15) is 40.5 Å². The Bertz CT molecular complexity index is 468. The molecule has 0 saturated carbocycles. The Morgan fingerprint density at radius 1 is 1.50 bits per heavy atom. The van der Waals surface area contributed by atoms with E-state index in [1.807, 2.05) is 6.92 Å². The molecular weight excluding hydrogens is 276 g/mol. The molecule has 0 radical (unpaired) electrons. The van der Waals surface area contributed by atoms with Gasteiger partial charge in [0.2, 0.25) is 11.8 Å². The van der Waals surface area contributed by atoms with Crippen LogP contribution in [0.2, 0.25) is 0 Å². The van der Waals surface area contributed by atoms with Crippen molar-refractivity contribution in [3.8, 4) is 0 Å². The van der Waals surface area contributed by atoms with Gasteiger partial charge in [0.1, 0.15) is 5.37 Å². The molecule has 2 heterocycles. The molecule has 1 fully saturated rings. The summed E-state index contributed by atoms with van der Waals surface area (Å²) >= 11 is 1.68. The quantitative estimate of drug-likeness (QED) is 0.595. The van der Waals surface area contributed by atoms with Crippen LogP contribution in [0.15, 0.2) is 10.6 Å². The van der Waals surface area contributed by atoms with Crippen LogP contribution < -0.4 is 5.32 Å². The van der Waals surface area contributed by atoms with Crippen molar-refractivity contribution in [1.82, 2.24) is 10.2 Å². The number of carbonyl (C=O) groups is 2. The predicted octanol–water partition coefficient (Wildman–Crippen LogP) is 1.44. The molecule has 1 unspecified atom stereocenters. The van der Waals surface area contributed by atoms with Crippen molar-refractivity contribution in [2.45, 2.75) is 51.5 Å². The Morgan fingerprint density at radius 2 is 2.15 bits per heavy atom. The molecule has 0 bridgehead atoms. The standard InChI is InChI=1S/C14H22N2O3S/c1-8-10(6-5-7-15-9(2)17)20-13-11(14(3,4)19)12(18)16(8)13/h11,13,19H,5-7H2,1-4H3,(H,15,17)/t11?,13-/m1/s1. The molecule has 0 spiro atoms. The number of allylic oxidation sites excluding steroid dienone is 2. The highest BCUT2D eigenvalue weighted by Gasteiger charge is 2.58. The van der Waals surface area contributed by atoms with Crippen LogP contribution in [0.25, 0.3) is 0 Å². The van der Waals surface area contributed by atoms with Crippen LogP contribution in [0.3, 0.4) is 0 Å². The second-order valence-electron chi connectivity index (χ2n) is 5.94. The third-order valence-electron chi connectivity index (χ3n) is 3.79. The molecule has 0 aliphatic carbocycles. The van der Waals surface area contributed by atoms with Crippen LogP contribution in [0, 0.1) is 5.92 Å². The largest absolute Gasteiger partial charge is 0.390 e. The van der Waals surface area contributed by atoms with Gasteiger partial charge in [-0.3, -0.25) is 9.59 Å². The van der Waals surface area contributed by atoms with Crippen molar-refractivity contribution >= 4 is 23.6 Å². The number of thioether (sulfide) groups is 1. The summed E-state index contributed by atoms with van der Waals surface area (Å²) in [5.41, 5.74) is 0.0327. The van der Waals surface area contributed by atoms with Gasteiger partial charge in [0.15, 0.2) is 0 Å². The Balaban J connectivity index is 1.93. The number of hydrogen-bond acceptors (Lipinski definition) is 4.